The van der Waals surface area contributed by atoms with E-state index in [4.69, 9.17) is 4.52 Å². The number of rotatable bonds is 3. The van der Waals surface area contributed by atoms with Crippen LogP contribution in [0.25, 0.3) is 0 Å². The molecule has 1 N–H and O–H groups in total. The highest BCUT2D eigenvalue weighted by atomic mass is 19.1. The zero-order chi connectivity index (χ0) is 13.1. The van der Waals surface area contributed by atoms with E-state index in [-0.39, 0.29) is 18.1 Å². The summed E-state index contributed by atoms with van der Waals surface area (Å²) in [5.74, 6) is 0.122. The van der Waals surface area contributed by atoms with E-state index < -0.39 is 0 Å². The number of nitrogens with one attached hydrogen (secondary N) is 1. The fourth-order valence-electron chi connectivity index (χ4n) is 1.65. The van der Waals surface area contributed by atoms with Crippen molar-refractivity contribution in [3.8, 4) is 0 Å². The van der Waals surface area contributed by atoms with E-state index in [0.29, 0.717) is 17.1 Å². The molecule has 0 radical (unpaired) electrons. The van der Waals surface area contributed by atoms with Gasteiger partial charge in [0.2, 0.25) is 5.91 Å². The molecule has 0 saturated heterocycles. The number of anilines is 1. The molecule has 0 unspecified atom stereocenters. The Morgan fingerprint density at radius 2 is 2.00 bits per heavy atom. The van der Waals surface area contributed by atoms with Crippen LogP contribution in [0.15, 0.2) is 28.8 Å². The molecular formula is C13H13FN2O2. The summed E-state index contributed by atoms with van der Waals surface area (Å²) in [7, 11) is 0. The van der Waals surface area contributed by atoms with E-state index in [9.17, 15) is 9.18 Å². The first kappa shape index (κ1) is 12.3. The second-order valence-corrected chi connectivity index (χ2v) is 4.03. The second-order valence-electron chi connectivity index (χ2n) is 4.03. The van der Waals surface area contributed by atoms with Gasteiger partial charge in [0.15, 0.2) is 0 Å². The molecule has 0 aliphatic heterocycles. The number of halogens is 1. The van der Waals surface area contributed by atoms with Crippen LogP contribution in [0.3, 0.4) is 0 Å². The Balaban J connectivity index is 2.03. The van der Waals surface area contributed by atoms with Gasteiger partial charge in [-0.2, -0.15) is 0 Å². The highest BCUT2D eigenvalue weighted by molar-refractivity contribution is 5.92. The maximum atomic E-state index is 12.7. The Labute approximate surface area is 104 Å². The molecule has 2 rings (SSSR count). The predicted octanol–water partition coefficient (Wildman–Crippen LogP) is 2.61. The summed E-state index contributed by atoms with van der Waals surface area (Å²) in [5, 5.41) is 6.47. The lowest BCUT2D eigenvalue weighted by Crippen LogP contribution is -2.15. The highest BCUT2D eigenvalue weighted by Gasteiger charge is 2.13. The summed E-state index contributed by atoms with van der Waals surface area (Å²) in [4.78, 5) is 11.8. The summed E-state index contributed by atoms with van der Waals surface area (Å²) in [6, 6.07) is 5.62. The van der Waals surface area contributed by atoms with Gasteiger partial charge in [0.1, 0.15) is 11.6 Å². The van der Waals surface area contributed by atoms with Crippen LogP contribution in [0, 0.1) is 19.7 Å². The van der Waals surface area contributed by atoms with Crippen molar-refractivity contribution in [2.24, 2.45) is 0 Å². The molecule has 1 aromatic heterocycles. The van der Waals surface area contributed by atoms with E-state index in [1.807, 2.05) is 0 Å². The van der Waals surface area contributed by atoms with Crippen molar-refractivity contribution >= 4 is 11.6 Å². The lowest BCUT2D eigenvalue weighted by atomic mass is 10.1. The summed E-state index contributed by atoms with van der Waals surface area (Å²) < 4.78 is 17.7. The van der Waals surface area contributed by atoms with Crippen LogP contribution in [-0.4, -0.2) is 11.1 Å². The minimum Gasteiger partial charge on any atom is -0.361 e. The van der Waals surface area contributed by atoms with Gasteiger partial charge in [-0.05, 0) is 38.1 Å². The number of nitrogens with zero attached hydrogens (tertiary/aromatic N) is 1. The lowest BCUT2D eigenvalue weighted by molar-refractivity contribution is -0.115. The van der Waals surface area contributed by atoms with Crippen LogP contribution in [0.1, 0.15) is 17.0 Å². The molecule has 1 aromatic carbocycles. The SMILES string of the molecule is Cc1noc(C)c1CC(=O)Nc1ccc(F)cc1. The van der Waals surface area contributed by atoms with Crippen molar-refractivity contribution in [1.29, 1.82) is 0 Å². The topological polar surface area (TPSA) is 55.1 Å². The van der Waals surface area contributed by atoms with Gasteiger partial charge in [-0.3, -0.25) is 4.79 Å². The molecule has 2 aromatic rings. The van der Waals surface area contributed by atoms with Crippen LogP contribution >= 0.6 is 0 Å². The molecule has 0 atom stereocenters. The standard InChI is InChI=1S/C13H13FN2O2/c1-8-12(9(2)18-16-8)7-13(17)15-11-5-3-10(14)4-6-11/h3-6H,7H2,1-2H3,(H,15,17). The molecule has 0 aliphatic rings. The largest absolute Gasteiger partial charge is 0.361 e. The normalized spacial score (nSPS) is 10.4. The zero-order valence-electron chi connectivity index (χ0n) is 10.2. The number of carbonyl (C=O) groups is 1. The number of benzene rings is 1. The Kier molecular flexibility index (Phi) is 3.41. The summed E-state index contributed by atoms with van der Waals surface area (Å²) >= 11 is 0. The number of carbonyl (C=O) groups excluding carboxylic acids is 1. The molecule has 18 heavy (non-hydrogen) atoms. The van der Waals surface area contributed by atoms with Gasteiger partial charge in [-0.25, -0.2) is 4.39 Å². The number of aryl methyl sites for hydroxylation is 2. The summed E-state index contributed by atoms with van der Waals surface area (Å²) in [6.45, 7) is 3.55. The smallest absolute Gasteiger partial charge is 0.228 e. The third-order valence-electron chi connectivity index (χ3n) is 2.65. The van der Waals surface area contributed by atoms with Crippen molar-refractivity contribution in [3.05, 3.63) is 47.1 Å². The van der Waals surface area contributed by atoms with Crippen molar-refractivity contribution in [2.45, 2.75) is 20.3 Å². The van der Waals surface area contributed by atoms with Crippen LogP contribution in [0.4, 0.5) is 10.1 Å². The molecule has 0 spiro atoms. The molecule has 0 bridgehead atoms. The molecule has 0 saturated carbocycles. The van der Waals surface area contributed by atoms with Crippen molar-refractivity contribution in [2.75, 3.05) is 5.32 Å². The van der Waals surface area contributed by atoms with Crippen LogP contribution in [-0.2, 0) is 11.2 Å². The van der Waals surface area contributed by atoms with Gasteiger partial charge in [-0.1, -0.05) is 5.16 Å². The molecule has 4 nitrogen and oxygen atoms in total. The molecular weight excluding hydrogens is 235 g/mol. The monoisotopic (exact) mass is 248 g/mol. The number of hydrogen-bond acceptors (Lipinski definition) is 3. The fourth-order valence-corrected chi connectivity index (χ4v) is 1.65. The highest BCUT2D eigenvalue weighted by Crippen LogP contribution is 2.14. The Hall–Kier alpha value is -2.17. The average molecular weight is 248 g/mol. The Morgan fingerprint density at radius 3 is 2.56 bits per heavy atom. The molecule has 94 valence electrons. The molecule has 0 aliphatic carbocycles. The van der Waals surface area contributed by atoms with Gasteiger partial charge in [-0.15, -0.1) is 0 Å². The number of amides is 1. The van der Waals surface area contributed by atoms with E-state index in [2.05, 4.69) is 10.5 Å². The quantitative estimate of drug-likeness (QED) is 0.908. The summed E-state index contributed by atoms with van der Waals surface area (Å²) in [6.07, 6.45) is 0.193. The van der Waals surface area contributed by atoms with Crippen LogP contribution in [0.2, 0.25) is 0 Å². The van der Waals surface area contributed by atoms with E-state index in [1.54, 1.807) is 13.8 Å². The van der Waals surface area contributed by atoms with E-state index >= 15 is 0 Å². The molecule has 1 heterocycles. The zero-order valence-corrected chi connectivity index (χ0v) is 10.2. The van der Waals surface area contributed by atoms with Crippen molar-refractivity contribution in [1.82, 2.24) is 5.16 Å². The first-order valence-corrected chi connectivity index (χ1v) is 5.53. The van der Waals surface area contributed by atoms with Gasteiger partial charge in [0.05, 0.1) is 12.1 Å². The molecule has 1 amide bonds. The number of aromatic nitrogens is 1. The van der Waals surface area contributed by atoms with Crippen LogP contribution < -0.4 is 5.32 Å². The maximum Gasteiger partial charge on any atom is 0.228 e. The number of hydrogen-bond donors (Lipinski definition) is 1. The van der Waals surface area contributed by atoms with Gasteiger partial charge >= 0.3 is 0 Å². The van der Waals surface area contributed by atoms with Crippen LogP contribution in [0.5, 0.6) is 0 Å². The van der Waals surface area contributed by atoms with E-state index in [1.165, 1.54) is 24.3 Å². The van der Waals surface area contributed by atoms with Crippen molar-refractivity contribution < 1.29 is 13.7 Å². The maximum absolute atomic E-state index is 12.7. The molecule has 0 fully saturated rings. The Bertz CT molecular complexity index is 541. The minimum absolute atomic E-state index is 0.184. The third-order valence-corrected chi connectivity index (χ3v) is 2.65. The minimum atomic E-state index is -0.335. The first-order valence-electron chi connectivity index (χ1n) is 5.53. The Morgan fingerprint density at radius 1 is 1.33 bits per heavy atom. The van der Waals surface area contributed by atoms with Gasteiger partial charge in [0, 0.05) is 11.3 Å². The first-order chi connectivity index (χ1) is 8.56. The van der Waals surface area contributed by atoms with Gasteiger partial charge in [0.25, 0.3) is 0 Å². The third kappa shape index (κ3) is 2.74. The second kappa shape index (κ2) is 5.00. The van der Waals surface area contributed by atoms with E-state index in [0.717, 1.165) is 5.56 Å². The fraction of sp³-hybridized carbons (Fsp3) is 0.231. The summed E-state index contributed by atoms with van der Waals surface area (Å²) in [5.41, 5.74) is 2.06. The lowest BCUT2D eigenvalue weighted by Gasteiger charge is -2.04. The van der Waals surface area contributed by atoms with Crippen molar-refractivity contribution in [3.63, 3.8) is 0 Å². The average Bonchev–Trinajstić information content (AvgIpc) is 2.64. The molecule has 5 heteroatoms. The predicted molar refractivity (Wildman–Crippen MR) is 64.7 cm³/mol. The van der Waals surface area contributed by atoms with Gasteiger partial charge < -0.3 is 9.84 Å².